The summed E-state index contributed by atoms with van der Waals surface area (Å²) in [6.07, 6.45) is 2.87. The van der Waals surface area contributed by atoms with E-state index in [-0.39, 0.29) is 17.8 Å². The van der Waals surface area contributed by atoms with Crippen LogP contribution in [0.3, 0.4) is 0 Å². The quantitative estimate of drug-likeness (QED) is 0.785. The van der Waals surface area contributed by atoms with Crippen molar-refractivity contribution in [2.45, 2.75) is 38.3 Å². The van der Waals surface area contributed by atoms with E-state index in [0.29, 0.717) is 19.8 Å². The van der Waals surface area contributed by atoms with Gasteiger partial charge in [-0.15, -0.1) is 0 Å². The molecule has 0 radical (unpaired) electrons. The number of morpholine rings is 1. The Morgan fingerprint density at radius 3 is 2.94 bits per heavy atom. The molecule has 2 saturated heterocycles. The van der Waals surface area contributed by atoms with Gasteiger partial charge in [-0.25, -0.2) is 8.42 Å². The van der Waals surface area contributed by atoms with Crippen molar-refractivity contribution >= 4 is 10.0 Å². The highest BCUT2D eigenvalue weighted by atomic mass is 32.2. The van der Waals surface area contributed by atoms with Crippen LogP contribution in [0.1, 0.15) is 26.2 Å². The van der Waals surface area contributed by atoms with E-state index in [1.807, 2.05) is 6.92 Å². The molecule has 0 aromatic rings. The Bertz CT molecular complexity index is 339. The van der Waals surface area contributed by atoms with Crippen molar-refractivity contribution in [1.82, 2.24) is 9.62 Å². The van der Waals surface area contributed by atoms with Crippen molar-refractivity contribution in [3.63, 3.8) is 0 Å². The third-order valence-electron chi connectivity index (χ3n) is 3.58. The second kappa shape index (κ2) is 5.65. The maximum atomic E-state index is 12.3. The third-order valence-corrected chi connectivity index (χ3v) is 5.60. The van der Waals surface area contributed by atoms with E-state index in [4.69, 9.17) is 4.74 Å². The number of hydrogen-bond donors (Lipinski definition) is 1. The molecule has 2 aliphatic rings. The summed E-state index contributed by atoms with van der Waals surface area (Å²) in [5, 5.41) is 3.25. The fourth-order valence-electron chi connectivity index (χ4n) is 2.58. The van der Waals surface area contributed by atoms with Crippen LogP contribution in [-0.2, 0) is 14.8 Å². The summed E-state index contributed by atoms with van der Waals surface area (Å²) in [6.45, 7) is 4.52. The lowest BCUT2D eigenvalue weighted by Crippen LogP contribution is -2.50. The zero-order chi connectivity index (χ0) is 12.3. The van der Waals surface area contributed by atoms with Gasteiger partial charge in [0.1, 0.15) is 0 Å². The van der Waals surface area contributed by atoms with Gasteiger partial charge in [-0.2, -0.15) is 4.31 Å². The van der Waals surface area contributed by atoms with Gasteiger partial charge in [-0.1, -0.05) is 6.92 Å². The first kappa shape index (κ1) is 13.3. The van der Waals surface area contributed by atoms with Crippen LogP contribution in [0, 0.1) is 0 Å². The summed E-state index contributed by atoms with van der Waals surface area (Å²) in [4.78, 5) is 0. The van der Waals surface area contributed by atoms with Gasteiger partial charge in [-0.3, -0.25) is 0 Å². The molecule has 2 heterocycles. The fraction of sp³-hybridized carbons (Fsp3) is 1.00. The molecule has 6 heteroatoms. The molecule has 0 aromatic carbocycles. The average molecular weight is 262 g/mol. The third kappa shape index (κ3) is 3.19. The zero-order valence-corrected chi connectivity index (χ0v) is 11.2. The Hall–Kier alpha value is -0.170. The largest absolute Gasteiger partial charge is 0.378 e. The number of ether oxygens (including phenoxy) is 1. The Morgan fingerprint density at radius 1 is 1.47 bits per heavy atom. The van der Waals surface area contributed by atoms with Crippen LogP contribution < -0.4 is 5.32 Å². The van der Waals surface area contributed by atoms with Gasteiger partial charge in [-0.05, 0) is 25.8 Å². The molecule has 17 heavy (non-hydrogen) atoms. The van der Waals surface area contributed by atoms with Crippen LogP contribution in [0.15, 0.2) is 0 Å². The lowest BCUT2D eigenvalue weighted by atomic mass is 10.2. The minimum atomic E-state index is -3.14. The summed E-state index contributed by atoms with van der Waals surface area (Å²) in [7, 11) is -3.14. The van der Waals surface area contributed by atoms with E-state index in [1.54, 1.807) is 4.31 Å². The Morgan fingerprint density at radius 2 is 2.29 bits per heavy atom. The highest BCUT2D eigenvalue weighted by molar-refractivity contribution is 7.89. The van der Waals surface area contributed by atoms with Gasteiger partial charge < -0.3 is 10.1 Å². The molecule has 100 valence electrons. The topological polar surface area (TPSA) is 58.6 Å². The second-order valence-electron chi connectivity index (χ2n) is 4.82. The summed E-state index contributed by atoms with van der Waals surface area (Å²) in [6, 6.07) is 0.163. The number of nitrogens with one attached hydrogen (secondary N) is 1. The van der Waals surface area contributed by atoms with Gasteiger partial charge in [0.15, 0.2) is 0 Å². The van der Waals surface area contributed by atoms with Gasteiger partial charge in [0.2, 0.25) is 10.0 Å². The van der Waals surface area contributed by atoms with Crippen LogP contribution >= 0.6 is 0 Å². The van der Waals surface area contributed by atoms with Crippen LogP contribution in [-0.4, -0.2) is 56.9 Å². The SMILES string of the molecule is CCC1COCCN1S(=O)(=O)CC1CCCN1. The van der Waals surface area contributed by atoms with Crippen LogP contribution in [0.25, 0.3) is 0 Å². The van der Waals surface area contributed by atoms with E-state index < -0.39 is 10.0 Å². The van der Waals surface area contributed by atoms with E-state index in [0.717, 1.165) is 25.8 Å². The number of rotatable bonds is 4. The predicted octanol–water partition coefficient (Wildman–Crippen LogP) is 0.179. The van der Waals surface area contributed by atoms with Crippen molar-refractivity contribution in [3.8, 4) is 0 Å². The predicted molar refractivity (Wildman–Crippen MR) is 66.4 cm³/mol. The van der Waals surface area contributed by atoms with E-state index in [1.165, 1.54) is 0 Å². The normalized spacial score (nSPS) is 31.8. The smallest absolute Gasteiger partial charge is 0.216 e. The molecule has 0 amide bonds. The summed E-state index contributed by atoms with van der Waals surface area (Å²) < 4.78 is 31.7. The van der Waals surface area contributed by atoms with Crippen molar-refractivity contribution in [2.24, 2.45) is 0 Å². The lowest BCUT2D eigenvalue weighted by Gasteiger charge is -2.34. The van der Waals surface area contributed by atoms with E-state index >= 15 is 0 Å². The van der Waals surface area contributed by atoms with Crippen molar-refractivity contribution < 1.29 is 13.2 Å². The van der Waals surface area contributed by atoms with Crippen LogP contribution in [0.2, 0.25) is 0 Å². The maximum absolute atomic E-state index is 12.3. The molecule has 5 nitrogen and oxygen atoms in total. The Labute approximate surface area is 104 Å². The molecule has 0 saturated carbocycles. The standard InChI is InChI=1S/C11H22N2O3S/c1-2-11-8-16-7-6-13(11)17(14,15)9-10-4-3-5-12-10/h10-12H,2-9H2,1H3. The summed E-state index contributed by atoms with van der Waals surface area (Å²) >= 11 is 0. The first-order valence-electron chi connectivity index (χ1n) is 6.44. The van der Waals surface area contributed by atoms with Crippen molar-refractivity contribution in [2.75, 3.05) is 32.1 Å². The molecule has 1 N–H and O–H groups in total. The average Bonchev–Trinajstić information content (AvgIpc) is 2.81. The molecule has 2 aliphatic heterocycles. The van der Waals surface area contributed by atoms with Gasteiger partial charge in [0.25, 0.3) is 0 Å². The van der Waals surface area contributed by atoms with Gasteiger partial charge >= 0.3 is 0 Å². The monoisotopic (exact) mass is 262 g/mol. The van der Waals surface area contributed by atoms with Crippen molar-refractivity contribution in [1.29, 1.82) is 0 Å². The highest BCUT2D eigenvalue weighted by Crippen LogP contribution is 2.18. The molecule has 0 bridgehead atoms. The van der Waals surface area contributed by atoms with Gasteiger partial charge in [0.05, 0.1) is 19.0 Å². The molecule has 2 fully saturated rings. The minimum Gasteiger partial charge on any atom is -0.378 e. The fourth-order valence-corrected chi connectivity index (χ4v) is 4.58. The number of nitrogens with zero attached hydrogens (tertiary/aromatic N) is 1. The zero-order valence-electron chi connectivity index (χ0n) is 10.4. The molecule has 2 rings (SSSR count). The second-order valence-corrected chi connectivity index (χ2v) is 6.79. The van der Waals surface area contributed by atoms with E-state index in [9.17, 15) is 8.42 Å². The molecule has 2 unspecified atom stereocenters. The number of sulfonamides is 1. The number of hydrogen-bond acceptors (Lipinski definition) is 4. The van der Waals surface area contributed by atoms with Crippen LogP contribution in [0.4, 0.5) is 0 Å². The molecular formula is C11H22N2O3S. The van der Waals surface area contributed by atoms with E-state index in [2.05, 4.69) is 5.32 Å². The Balaban J connectivity index is 2.01. The highest BCUT2D eigenvalue weighted by Gasteiger charge is 2.34. The molecule has 0 aliphatic carbocycles. The summed E-state index contributed by atoms with van der Waals surface area (Å²) in [5.74, 6) is 0.240. The first-order chi connectivity index (χ1) is 8.13. The maximum Gasteiger partial charge on any atom is 0.216 e. The summed E-state index contributed by atoms with van der Waals surface area (Å²) in [5.41, 5.74) is 0. The van der Waals surface area contributed by atoms with Gasteiger partial charge in [0, 0.05) is 18.6 Å². The molecule has 2 atom stereocenters. The first-order valence-corrected chi connectivity index (χ1v) is 8.05. The Kier molecular flexibility index (Phi) is 4.41. The van der Waals surface area contributed by atoms with Crippen molar-refractivity contribution in [3.05, 3.63) is 0 Å². The molecule has 0 spiro atoms. The lowest BCUT2D eigenvalue weighted by molar-refractivity contribution is 0.0313. The minimum absolute atomic E-state index is 0.0233. The molecular weight excluding hydrogens is 240 g/mol. The molecule has 0 aromatic heterocycles. The van der Waals surface area contributed by atoms with Crippen LogP contribution in [0.5, 0.6) is 0 Å².